The Labute approximate surface area is 192 Å². The number of hydrogen-bond acceptors (Lipinski definition) is 6. The van der Waals surface area contributed by atoms with Crippen molar-refractivity contribution in [1.29, 1.82) is 0 Å². The number of hydrogen-bond donors (Lipinski definition) is 0. The summed E-state index contributed by atoms with van der Waals surface area (Å²) in [5.41, 5.74) is -3.13. The second kappa shape index (κ2) is 8.29. The summed E-state index contributed by atoms with van der Waals surface area (Å²) in [6.45, 7) is 9.36. The Balaban J connectivity index is 1.81. The maximum atomic E-state index is 13.1. The highest BCUT2D eigenvalue weighted by Gasteiger charge is 2.76. The van der Waals surface area contributed by atoms with E-state index in [0.29, 0.717) is 6.42 Å². The van der Waals surface area contributed by atoms with Gasteiger partial charge in [-0.2, -0.15) is 26.3 Å². The lowest BCUT2D eigenvalue weighted by molar-refractivity contribution is -0.315. The van der Waals surface area contributed by atoms with Crippen molar-refractivity contribution < 1.29 is 54.9 Å². The second-order valence-corrected chi connectivity index (χ2v) is 10.6. The molecule has 0 aromatic rings. The number of fused-ring (bicyclic) bond motifs is 1. The third-order valence-corrected chi connectivity index (χ3v) is 7.57. The van der Waals surface area contributed by atoms with Crippen molar-refractivity contribution in [2.24, 2.45) is 34.5 Å². The van der Waals surface area contributed by atoms with E-state index in [-0.39, 0.29) is 18.3 Å². The quantitative estimate of drug-likeness (QED) is 0.219. The Morgan fingerprint density at radius 2 is 1.65 bits per heavy atom. The smallest absolute Gasteiger partial charge is 0.434 e. The van der Waals surface area contributed by atoms with Crippen LogP contribution in [-0.2, 0) is 28.6 Å². The molecule has 6 atom stereocenters. The van der Waals surface area contributed by atoms with Crippen LogP contribution in [0.15, 0.2) is 0 Å². The fraction of sp³-hybridized carbons (Fsp3) is 0.864. The topological polar surface area (TPSA) is 78.9 Å². The second-order valence-electron chi connectivity index (χ2n) is 10.6. The predicted molar refractivity (Wildman–Crippen MR) is 103 cm³/mol. The first-order valence-corrected chi connectivity index (χ1v) is 11.1. The normalized spacial score (nSPS) is 32.4. The van der Waals surface area contributed by atoms with Crippen LogP contribution in [0.2, 0.25) is 0 Å². The van der Waals surface area contributed by atoms with Crippen molar-refractivity contribution in [3.8, 4) is 0 Å². The van der Waals surface area contributed by atoms with Gasteiger partial charge in [-0.3, -0.25) is 14.4 Å². The summed E-state index contributed by atoms with van der Waals surface area (Å²) in [4.78, 5) is 38.3. The Bertz CT molecular complexity index is 838. The number of rotatable bonds is 7. The fourth-order valence-electron chi connectivity index (χ4n) is 5.62. The highest BCUT2D eigenvalue weighted by atomic mass is 19.4. The molecule has 0 aromatic carbocycles. The van der Waals surface area contributed by atoms with Crippen molar-refractivity contribution >= 4 is 17.9 Å². The van der Waals surface area contributed by atoms with Gasteiger partial charge in [-0.05, 0) is 38.0 Å². The first kappa shape index (κ1) is 26.6. The number of esters is 3. The van der Waals surface area contributed by atoms with Crippen LogP contribution in [0.3, 0.4) is 0 Å². The summed E-state index contributed by atoms with van der Waals surface area (Å²) in [5, 5.41) is 0. The number of ether oxygens (including phenoxy) is 3. The Morgan fingerprint density at radius 3 is 2.12 bits per heavy atom. The van der Waals surface area contributed by atoms with Crippen LogP contribution in [0.1, 0.15) is 53.9 Å². The molecule has 0 radical (unpaired) electrons. The molecule has 1 saturated heterocycles. The summed E-state index contributed by atoms with van der Waals surface area (Å²) < 4.78 is 92.1. The lowest BCUT2D eigenvalue weighted by Crippen LogP contribution is -2.52. The van der Waals surface area contributed by atoms with Crippen molar-refractivity contribution in [1.82, 2.24) is 0 Å². The third kappa shape index (κ3) is 4.14. The van der Waals surface area contributed by atoms with Crippen LogP contribution < -0.4 is 0 Å². The zero-order valence-corrected chi connectivity index (χ0v) is 19.4. The number of carbonyl (C=O) groups is 3. The van der Waals surface area contributed by atoms with Gasteiger partial charge in [-0.15, -0.1) is 0 Å². The lowest BCUT2D eigenvalue weighted by atomic mass is 9.72. The molecule has 0 N–H and O–H groups in total. The van der Waals surface area contributed by atoms with E-state index in [0.717, 1.165) is 0 Å². The molecule has 12 heteroatoms. The molecule has 3 rings (SSSR count). The van der Waals surface area contributed by atoms with Crippen LogP contribution >= 0.6 is 0 Å². The Hall–Kier alpha value is -2.01. The SMILES string of the molecule is CC(C)CC(C)(C(=O)OC1C2CC3C1OC(=O)C3(C(=O)OC(C(F)(F)F)C(F)(F)F)C2)C(C)C. The molecule has 6 unspecified atom stereocenters. The molecular weight excluding hydrogens is 474 g/mol. The first-order chi connectivity index (χ1) is 15.4. The molecule has 2 bridgehead atoms. The average Bonchev–Trinajstić information content (AvgIpc) is 3.25. The standard InChI is InChI=1S/C22H28F6O6/c1-9(2)7-19(5,10(3)4)16(29)32-13-11-6-12-14(13)33-17(30)20(12,8-11)18(31)34-15(21(23,24)25)22(26,27)28/h9-15H,6-8H2,1-5H3. The molecule has 1 aliphatic heterocycles. The molecule has 194 valence electrons. The average molecular weight is 502 g/mol. The van der Waals surface area contributed by atoms with Crippen molar-refractivity contribution in [2.75, 3.05) is 0 Å². The molecule has 0 amide bonds. The van der Waals surface area contributed by atoms with Gasteiger partial charge in [0.05, 0.1) is 5.41 Å². The molecule has 3 aliphatic rings. The van der Waals surface area contributed by atoms with Gasteiger partial charge in [-0.25, -0.2) is 0 Å². The van der Waals surface area contributed by atoms with Crippen LogP contribution in [0, 0.1) is 34.5 Å². The van der Waals surface area contributed by atoms with Crippen LogP contribution in [0.4, 0.5) is 26.3 Å². The number of carbonyl (C=O) groups excluding carboxylic acids is 3. The molecule has 2 aliphatic carbocycles. The molecule has 2 saturated carbocycles. The minimum Gasteiger partial charge on any atom is -0.458 e. The van der Waals surface area contributed by atoms with Crippen LogP contribution in [0.5, 0.6) is 0 Å². The minimum atomic E-state index is -5.90. The molecule has 0 spiro atoms. The Morgan fingerprint density at radius 1 is 1.09 bits per heavy atom. The van der Waals surface area contributed by atoms with E-state index in [1.807, 2.05) is 27.7 Å². The summed E-state index contributed by atoms with van der Waals surface area (Å²) >= 11 is 0. The van der Waals surface area contributed by atoms with Gasteiger partial charge in [0, 0.05) is 11.8 Å². The molecule has 0 aromatic heterocycles. The molecule has 1 heterocycles. The van der Waals surface area contributed by atoms with Gasteiger partial charge >= 0.3 is 30.3 Å². The van der Waals surface area contributed by atoms with E-state index < -0.39 is 77.7 Å². The van der Waals surface area contributed by atoms with Gasteiger partial charge in [0.1, 0.15) is 12.2 Å². The third-order valence-electron chi connectivity index (χ3n) is 7.57. The molecule has 6 nitrogen and oxygen atoms in total. The van der Waals surface area contributed by atoms with Crippen molar-refractivity contribution in [3.63, 3.8) is 0 Å². The predicted octanol–water partition coefficient (Wildman–Crippen LogP) is 4.59. The van der Waals surface area contributed by atoms with E-state index in [4.69, 9.17) is 9.47 Å². The minimum absolute atomic E-state index is 0.0781. The van der Waals surface area contributed by atoms with Crippen molar-refractivity contribution in [3.05, 3.63) is 0 Å². The van der Waals surface area contributed by atoms with Gasteiger partial charge in [0.15, 0.2) is 5.41 Å². The van der Waals surface area contributed by atoms with Crippen LogP contribution in [0.25, 0.3) is 0 Å². The monoisotopic (exact) mass is 502 g/mol. The maximum Gasteiger partial charge on any atom is 0.434 e. The van der Waals surface area contributed by atoms with E-state index in [1.54, 1.807) is 6.92 Å². The summed E-state index contributed by atoms with van der Waals surface area (Å²) in [6.07, 6.45) is -18.0. The zero-order valence-electron chi connectivity index (χ0n) is 19.4. The van der Waals surface area contributed by atoms with Crippen molar-refractivity contribution in [2.45, 2.75) is 84.5 Å². The van der Waals surface area contributed by atoms with E-state index >= 15 is 0 Å². The molecule has 3 fully saturated rings. The molecule has 34 heavy (non-hydrogen) atoms. The Kier molecular flexibility index (Phi) is 6.48. The van der Waals surface area contributed by atoms with Gasteiger partial charge in [-0.1, -0.05) is 27.7 Å². The van der Waals surface area contributed by atoms with Gasteiger partial charge in [0.2, 0.25) is 0 Å². The van der Waals surface area contributed by atoms with E-state index in [9.17, 15) is 40.7 Å². The van der Waals surface area contributed by atoms with E-state index in [1.165, 1.54) is 0 Å². The number of halogens is 6. The zero-order chi connectivity index (χ0) is 26.0. The first-order valence-electron chi connectivity index (χ1n) is 11.1. The summed E-state index contributed by atoms with van der Waals surface area (Å²) in [5.74, 6) is -5.28. The largest absolute Gasteiger partial charge is 0.458 e. The summed E-state index contributed by atoms with van der Waals surface area (Å²) in [6, 6.07) is 0. The highest BCUT2D eigenvalue weighted by Crippen LogP contribution is 2.63. The van der Waals surface area contributed by atoms with E-state index in [2.05, 4.69) is 4.74 Å². The number of alkyl halides is 6. The molecular formula is C22H28F6O6. The van der Waals surface area contributed by atoms with Gasteiger partial charge in [0.25, 0.3) is 6.10 Å². The van der Waals surface area contributed by atoms with Crippen LogP contribution in [-0.4, -0.2) is 48.6 Å². The maximum absolute atomic E-state index is 13.1. The van der Waals surface area contributed by atoms with Gasteiger partial charge < -0.3 is 14.2 Å². The lowest BCUT2D eigenvalue weighted by Gasteiger charge is -2.37. The fourth-order valence-corrected chi connectivity index (χ4v) is 5.62. The highest BCUT2D eigenvalue weighted by molar-refractivity contribution is 6.03. The summed E-state index contributed by atoms with van der Waals surface area (Å²) in [7, 11) is 0.